The number of hydrogen-bond acceptors (Lipinski definition) is 5. The van der Waals surface area contributed by atoms with Crippen molar-refractivity contribution in [1.82, 2.24) is 9.97 Å². The summed E-state index contributed by atoms with van der Waals surface area (Å²) in [7, 11) is 1.88. The Bertz CT molecular complexity index is 397. The molecule has 2 N–H and O–H groups in total. The van der Waals surface area contributed by atoms with Crippen molar-refractivity contribution in [2.75, 3.05) is 23.9 Å². The van der Waals surface area contributed by atoms with E-state index in [1.165, 1.54) is 19.3 Å². The zero-order valence-corrected chi connectivity index (χ0v) is 12.4. The second-order valence-corrected chi connectivity index (χ2v) is 6.40. The second kappa shape index (κ2) is 5.34. The van der Waals surface area contributed by atoms with E-state index < -0.39 is 0 Å². The zero-order valence-electron chi connectivity index (χ0n) is 11.6. The predicted octanol–water partition coefficient (Wildman–Crippen LogP) is 3.23. The van der Waals surface area contributed by atoms with E-state index in [2.05, 4.69) is 34.4 Å². The van der Waals surface area contributed by atoms with Gasteiger partial charge < -0.3 is 10.6 Å². The van der Waals surface area contributed by atoms with Gasteiger partial charge in [-0.3, -0.25) is 0 Å². The highest BCUT2D eigenvalue weighted by Gasteiger charge is 2.30. The molecule has 0 aromatic carbocycles. The van der Waals surface area contributed by atoms with E-state index in [0.29, 0.717) is 11.5 Å². The number of anilines is 2. The lowest BCUT2D eigenvalue weighted by atomic mass is 9.92. The molecule has 0 bridgehead atoms. The van der Waals surface area contributed by atoms with Crippen molar-refractivity contribution in [2.24, 2.45) is 5.41 Å². The summed E-state index contributed by atoms with van der Waals surface area (Å²) in [5.41, 5.74) is 0.457. The van der Waals surface area contributed by atoms with E-state index in [0.717, 1.165) is 16.8 Å². The number of hydrogen-bond donors (Lipinski definition) is 2. The predicted molar refractivity (Wildman–Crippen MR) is 78.4 cm³/mol. The Morgan fingerprint density at radius 2 is 2.06 bits per heavy atom. The fourth-order valence-corrected chi connectivity index (χ4v) is 2.87. The SMILES string of the molecule is CNc1cc(NC2CCC(C)(C)C2)nc(SC)n1. The molecule has 1 saturated carbocycles. The van der Waals surface area contributed by atoms with Gasteiger partial charge in [-0.15, -0.1) is 0 Å². The summed E-state index contributed by atoms with van der Waals surface area (Å²) in [5, 5.41) is 7.43. The maximum atomic E-state index is 4.51. The molecule has 2 rings (SSSR count). The van der Waals surface area contributed by atoms with Crippen LogP contribution in [0.5, 0.6) is 0 Å². The number of aromatic nitrogens is 2. The average Bonchev–Trinajstić information content (AvgIpc) is 2.68. The molecule has 1 fully saturated rings. The summed E-state index contributed by atoms with van der Waals surface area (Å²) in [6.45, 7) is 4.67. The average molecular weight is 266 g/mol. The Kier molecular flexibility index (Phi) is 4.00. The first-order valence-corrected chi connectivity index (χ1v) is 7.62. The Labute approximate surface area is 113 Å². The van der Waals surface area contributed by atoms with E-state index >= 15 is 0 Å². The summed E-state index contributed by atoms with van der Waals surface area (Å²) in [4.78, 5) is 8.89. The molecule has 0 amide bonds. The maximum absolute atomic E-state index is 4.51. The van der Waals surface area contributed by atoms with Gasteiger partial charge in [0.25, 0.3) is 0 Å². The third kappa shape index (κ3) is 3.28. The van der Waals surface area contributed by atoms with Crippen LogP contribution >= 0.6 is 11.8 Å². The first kappa shape index (κ1) is 13.5. The zero-order chi connectivity index (χ0) is 13.2. The summed E-state index contributed by atoms with van der Waals surface area (Å²) < 4.78 is 0. The van der Waals surface area contributed by atoms with E-state index in [1.807, 2.05) is 19.4 Å². The van der Waals surface area contributed by atoms with E-state index in [-0.39, 0.29) is 0 Å². The van der Waals surface area contributed by atoms with E-state index in [1.54, 1.807) is 11.8 Å². The summed E-state index contributed by atoms with van der Waals surface area (Å²) in [5.74, 6) is 1.80. The lowest BCUT2D eigenvalue weighted by Crippen LogP contribution is -2.18. The monoisotopic (exact) mass is 266 g/mol. The maximum Gasteiger partial charge on any atom is 0.191 e. The van der Waals surface area contributed by atoms with Crippen LogP contribution in [0.25, 0.3) is 0 Å². The largest absolute Gasteiger partial charge is 0.373 e. The minimum Gasteiger partial charge on any atom is -0.373 e. The molecule has 18 heavy (non-hydrogen) atoms. The Morgan fingerprint density at radius 1 is 1.33 bits per heavy atom. The fraction of sp³-hybridized carbons (Fsp3) is 0.692. The molecule has 0 spiro atoms. The van der Waals surface area contributed by atoms with E-state index in [9.17, 15) is 0 Å². The minimum absolute atomic E-state index is 0.457. The molecule has 1 aliphatic rings. The normalized spacial score (nSPS) is 21.9. The molecule has 1 unspecified atom stereocenters. The highest BCUT2D eigenvalue weighted by molar-refractivity contribution is 7.98. The highest BCUT2D eigenvalue weighted by atomic mass is 32.2. The minimum atomic E-state index is 0.457. The van der Waals surface area contributed by atoms with Gasteiger partial charge in [0.2, 0.25) is 0 Å². The topological polar surface area (TPSA) is 49.8 Å². The van der Waals surface area contributed by atoms with Crippen LogP contribution in [0.1, 0.15) is 33.1 Å². The van der Waals surface area contributed by atoms with Gasteiger partial charge in [0, 0.05) is 19.2 Å². The lowest BCUT2D eigenvalue weighted by Gasteiger charge is -2.18. The van der Waals surface area contributed by atoms with Gasteiger partial charge in [0.1, 0.15) is 11.6 Å². The van der Waals surface area contributed by atoms with Gasteiger partial charge >= 0.3 is 0 Å². The van der Waals surface area contributed by atoms with Gasteiger partial charge in [-0.2, -0.15) is 0 Å². The second-order valence-electron chi connectivity index (χ2n) is 5.62. The van der Waals surface area contributed by atoms with Crippen molar-refractivity contribution in [2.45, 2.75) is 44.3 Å². The number of rotatable bonds is 4. The van der Waals surface area contributed by atoms with Gasteiger partial charge in [0.05, 0.1) is 0 Å². The van der Waals surface area contributed by atoms with Crippen molar-refractivity contribution in [3.05, 3.63) is 6.07 Å². The lowest BCUT2D eigenvalue weighted by molar-refractivity contribution is 0.378. The standard InChI is InChI=1S/C13H22N4S/c1-13(2)6-5-9(8-13)15-11-7-10(14-3)16-12(17-11)18-4/h7,9H,5-6,8H2,1-4H3,(H2,14,15,16,17). The van der Waals surface area contributed by atoms with Crippen LogP contribution in [0.2, 0.25) is 0 Å². The quantitative estimate of drug-likeness (QED) is 0.647. The van der Waals surface area contributed by atoms with Crippen LogP contribution in [0.3, 0.4) is 0 Å². The third-order valence-electron chi connectivity index (χ3n) is 3.46. The number of nitrogens with one attached hydrogen (secondary N) is 2. The Hall–Kier alpha value is -0.970. The van der Waals surface area contributed by atoms with Crippen LogP contribution in [0.4, 0.5) is 11.6 Å². The van der Waals surface area contributed by atoms with Crippen molar-refractivity contribution >= 4 is 23.4 Å². The molecular weight excluding hydrogens is 244 g/mol. The van der Waals surface area contributed by atoms with Crippen LogP contribution in [0, 0.1) is 5.41 Å². The summed E-state index contributed by atoms with van der Waals surface area (Å²) >= 11 is 1.57. The van der Waals surface area contributed by atoms with Crippen molar-refractivity contribution in [3.8, 4) is 0 Å². The Morgan fingerprint density at radius 3 is 2.61 bits per heavy atom. The molecule has 1 heterocycles. The molecule has 1 aliphatic carbocycles. The first-order chi connectivity index (χ1) is 8.52. The number of nitrogens with zero attached hydrogens (tertiary/aromatic N) is 2. The molecule has 4 nitrogen and oxygen atoms in total. The fourth-order valence-electron chi connectivity index (χ4n) is 2.49. The molecule has 5 heteroatoms. The molecule has 0 radical (unpaired) electrons. The van der Waals surface area contributed by atoms with E-state index in [4.69, 9.17) is 0 Å². The summed E-state index contributed by atoms with van der Waals surface area (Å²) in [6, 6.07) is 2.51. The molecule has 0 aliphatic heterocycles. The molecule has 1 aromatic heterocycles. The van der Waals surface area contributed by atoms with Gasteiger partial charge in [-0.05, 0) is 30.9 Å². The highest BCUT2D eigenvalue weighted by Crippen LogP contribution is 2.38. The van der Waals surface area contributed by atoms with Crippen molar-refractivity contribution < 1.29 is 0 Å². The molecule has 1 aromatic rings. The smallest absolute Gasteiger partial charge is 0.191 e. The third-order valence-corrected chi connectivity index (χ3v) is 4.01. The molecule has 1 atom stereocenters. The molecular formula is C13H22N4S. The van der Waals surface area contributed by atoms with Crippen molar-refractivity contribution in [3.63, 3.8) is 0 Å². The van der Waals surface area contributed by atoms with Crippen LogP contribution < -0.4 is 10.6 Å². The Balaban J connectivity index is 2.09. The molecule has 100 valence electrons. The van der Waals surface area contributed by atoms with Gasteiger partial charge in [-0.25, -0.2) is 9.97 Å². The number of thioether (sulfide) groups is 1. The van der Waals surface area contributed by atoms with Crippen LogP contribution in [-0.2, 0) is 0 Å². The van der Waals surface area contributed by atoms with Crippen LogP contribution in [0.15, 0.2) is 11.2 Å². The summed E-state index contributed by atoms with van der Waals surface area (Å²) in [6.07, 6.45) is 5.71. The first-order valence-electron chi connectivity index (χ1n) is 6.40. The molecule has 0 saturated heterocycles. The van der Waals surface area contributed by atoms with Gasteiger partial charge in [-0.1, -0.05) is 25.6 Å². The van der Waals surface area contributed by atoms with Crippen LogP contribution in [-0.4, -0.2) is 29.3 Å². The van der Waals surface area contributed by atoms with Crippen molar-refractivity contribution in [1.29, 1.82) is 0 Å². The van der Waals surface area contributed by atoms with Gasteiger partial charge in [0.15, 0.2) is 5.16 Å².